The van der Waals surface area contributed by atoms with Crippen LogP contribution in [-0.4, -0.2) is 18.0 Å². The van der Waals surface area contributed by atoms with E-state index in [2.05, 4.69) is 10.3 Å². The highest BCUT2D eigenvalue weighted by molar-refractivity contribution is 5.94. The van der Waals surface area contributed by atoms with Crippen molar-refractivity contribution in [1.29, 1.82) is 0 Å². The standard InChI is InChI=1S/C16H21N3O2.ClH/c1-10(2)14-13(11(3)18-16(17)19-14)15(20)21-9-12-7-5-4-6-8-12;/h4-8,10,14H,9H2,1-3H3,(H3,17,18,19);1H. The largest absolute Gasteiger partial charge is 0.457 e. The number of esters is 1. The normalized spacial score (nSPS) is 17.5. The van der Waals surface area contributed by atoms with Gasteiger partial charge in [0.1, 0.15) is 6.61 Å². The molecule has 0 fully saturated rings. The minimum atomic E-state index is -0.348. The number of nitrogens with two attached hydrogens (primary N) is 1. The first kappa shape index (κ1) is 18.0. The van der Waals surface area contributed by atoms with E-state index >= 15 is 0 Å². The lowest BCUT2D eigenvalue weighted by Gasteiger charge is -2.26. The summed E-state index contributed by atoms with van der Waals surface area (Å²) < 4.78 is 5.41. The first-order valence-corrected chi connectivity index (χ1v) is 7.01. The maximum atomic E-state index is 12.4. The number of hydrogen-bond donors (Lipinski definition) is 2. The lowest BCUT2D eigenvalue weighted by molar-refractivity contribution is -0.140. The number of allylic oxidation sites excluding steroid dienone is 1. The van der Waals surface area contributed by atoms with E-state index in [-0.39, 0.29) is 36.9 Å². The van der Waals surface area contributed by atoms with Crippen LogP contribution in [0.4, 0.5) is 0 Å². The van der Waals surface area contributed by atoms with Gasteiger partial charge in [0, 0.05) is 5.70 Å². The van der Waals surface area contributed by atoms with E-state index in [0.717, 1.165) is 5.56 Å². The highest BCUT2D eigenvalue weighted by atomic mass is 35.5. The summed E-state index contributed by atoms with van der Waals surface area (Å²) in [6.07, 6.45) is 0. The van der Waals surface area contributed by atoms with Gasteiger partial charge in [-0.2, -0.15) is 0 Å². The molecule has 1 aromatic carbocycles. The summed E-state index contributed by atoms with van der Waals surface area (Å²) in [5.74, 6) is 0.157. The molecule has 6 heteroatoms. The highest BCUT2D eigenvalue weighted by Gasteiger charge is 2.30. The van der Waals surface area contributed by atoms with Crippen LogP contribution < -0.4 is 11.1 Å². The van der Waals surface area contributed by atoms with Crippen molar-refractivity contribution in [1.82, 2.24) is 5.32 Å². The first-order chi connectivity index (χ1) is 9.99. The molecule has 0 aliphatic carbocycles. The maximum Gasteiger partial charge on any atom is 0.338 e. The van der Waals surface area contributed by atoms with Crippen molar-refractivity contribution in [3.8, 4) is 0 Å². The quantitative estimate of drug-likeness (QED) is 0.834. The Bertz CT molecular complexity index is 582. The Morgan fingerprint density at radius 3 is 2.59 bits per heavy atom. The van der Waals surface area contributed by atoms with Gasteiger partial charge >= 0.3 is 5.97 Å². The minimum Gasteiger partial charge on any atom is -0.457 e. The summed E-state index contributed by atoms with van der Waals surface area (Å²) >= 11 is 0. The Hall–Kier alpha value is -2.01. The van der Waals surface area contributed by atoms with Crippen LogP contribution in [0.15, 0.2) is 46.6 Å². The lowest BCUT2D eigenvalue weighted by Crippen LogP contribution is -2.41. The predicted molar refractivity (Wildman–Crippen MR) is 89.6 cm³/mol. The second-order valence-electron chi connectivity index (χ2n) is 5.43. The Balaban J connectivity index is 0.00000242. The van der Waals surface area contributed by atoms with E-state index in [1.807, 2.05) is 51.1 Å². The third-order valence-corrected chi connectivity index (χ3v) is 3.36. The average Bonchev–Trinajstić information content (AvgIpc) is 2.45. The predicted octanol–water partition coefficient (Wildman–Crippen LogP) is 2.37. The van der Waals surface area contributed by atoms with Gasteiger partial charge in [-0.25, -0.2) is 9.79 Å². The van der Waals surface area contributed by atoms with E-state index in [0.29, 0.717) is 17.2 Å². The zero-order chi connectivity index (χ0) is 15.4. The lowest BCUT2D eigenvalue weighted by atomic mass is 9.94. The number of benzene rings is 1. The molecule has 2 rings (SSSR count). The van der Waals surface area contributed by atoms with Gasteiger partial charge < -0.3 is 15.8 Å². The van der Waals surface area contributed by atoms with E-state index in [9.17, 15) is 4.79 Å². The fourth-order valence-corrected chi connectivity index (χ4v) is 2.29. The van der Waals surface area contributed by atoms with Crippen LogP contribution >= 0.6 is 12.4 Å². The number of carbonyl (C=O) groups is 1. The molecule has 1 unspecified atom stereocenters. The molecule has 3 N–H and O–H groups in total. The maximum absolute atomic E-state index is 12.4. The smallest absolute Gasteiger partial charge is 0.338 e. The van der Waals surface area contributed by atoms with Crippen LogP contribution in [0.5, 0.6) is 0 Å². The second kappa shape index (κ2) is 7.84. The molecule has 0 spiro atoms. The number of carbonyl (C=O) groups excluding carboxylic acids is 1. The average molecular weight is 324 g/mol. The SMILES string of the molecule is CC1=C(C(=O)OCc2ccccc2)C(C(C)C)N=C(N)N1.Cl. The molecule has 0 amide bonds. The van der Waals surface area contributed by atoms with E-state index in [1.165, 1.54) is 0 Å². The zero-order valence-corrected chi connectivity index (χ0v) is 13.8. The van der Waals surface area contributed by atoms with Gasteiger partial charge in [-0.1, -0.05) is 44.2 Å². The molecule has 1 heterocycles. The first-order valence-electron chi connectivity index (χ1n) is 7.01. The topological polar surface area (TPSA) is 76.7 Å². The Morgan fingerprint density at radius 2 is 2.00 bits per heavy atom. The summed E-state index contributed by atoms with van der Waals surface area (Å²) in [6, 6.07) is 9.33. The fourth-order valence-electron chi connectivity index (χ4n) is 2.29. The molecule has 0 aromatic heterocycles. The van der Waals surface area contributed by atoms with Crippen LogP contribution in [-0.2, 0) is 16.1 Å². The van der Waals surface area contributed by atoms with Crippen LogP contribution in [0.25, 0.3) is 0 Å². The monoisotopic (exact) mass is 323 g/mol. The Labute approximate surface area is 137 Å². The van der Waals surface area contributed by atoms with E-state index in [4.69, 9.17) is 10.5 Å². The van der Waals surface area contributed by atoms with Crippen molar-refractivity contribution in [3.05, 3.63) is 47.2 Å². The second-order valence-corrected chi connectivity index (χ2v) is 5.43. The van der Waals surface area contributed by atoms with Crippen LogP contribution in [0.3, 0.4) is 0 Å². The molecule has 1 aliphatic rings. The van der Waals surface area contributed by atoms with Gasteiger partial charge in [-0.05, 0) is 18.4 Å². The number of nitrogens with one attached hydrogen (secondary N) is 1. The molecule has 1 aromatic rings. The van der Waals surface area contributed by atoms with Crippen LogP contribution in [0, 0.1) is 5.92 Å². The van der Waals surface area contributed by atoms with Crippen LogP contribution in [0.1, 0.15) is 26.3 Å². The molecule has 0 bridgehead atoms. The Kier molecular flexibility index (Phi) is 6.43. The summed E-state index contributed by atoms with van der Waals surface area (Å²) in [6.45, 7) is 6.07. The molecule has 120 valence electrons. The minimum absolute atomic E-state index is 0. The molecule has 0 saturated carbocycles. The van der Waals surface area contributed by atoms with Crippen molar-refractivity contribution < 1.29 is 9.53 Å². The molecule has 22 heavy (non-hydrogen) atoms. The molecular weight excluding hydrogens is 302 g/mol. The molecule has 1 aliphatic heterocycles. The number of hydrogen-bond acceptors (Lipinski definition) is 5. The fraction of sp³-hybridized carbons (Fsp3) is 0.375. The molecule has 1 atom stereocenters. The third-order valence-electron chi connectivity index (χ3n) is 3.36. The summed E-state index contributed by atoms with van der Waals surface area (Å²) in [5.41, 5.74) is 7.95. The molecule has 0 saturated heterocycles. The van der Waals surface area contributed by atoms with Gasteiger partial charge in [-0.3, -0.25) is 0 Å². The number of ether oxygens (including phenoxy) is 1. The van der Waals surface area contributed by atoms with Crippen molar-refractivity contribution in [2.75, 3.05) is 0 Å². The Morgan fingerprint density at radius 1 is 1.36 bits per heavy atom. The zero-order valence-electron chi connectivity index (χ0n) is 13.0. The highest BCUT2D eigenvalue weighted by Crippen LogP contribution is 2.23. The van der Waals surface area contributed by atoms with Crippen molar-refractivity contribution >= 4 is 24.3 Å². The van der Waals surface area contributed by atoms with Gasteiger partial charge in [-0.15, -0.1) is 12.4 Å². The number of halogens is 1. The molecule has 5 nitrogen and oxygen atoms in total. The van der Waals surface area contributed by atoms with Gasteiger partial charge in [0.05, 0.1) is 11.6 Å². The van der Waals surface area contributed by atoms with Crippen molar-refractivity contribution in [3.63, 3.8) is 0 Å². The van der Waals surface area contributed by atoms with E-state index < -0.39 is 0 Å². The number of rotatable bonds is 4. The summed E-state index contributed by atoms with van der Waals surface area (Å²) in [7, 11) is 0. The third kappa shape index (κ3) is 4.24. The van der Waals surface area contributed by atoms with Gasteiger partial charge in [0.25, 0.3) is 0 Å². The molecule has 0 radical (unpaired) electrons. The summed E-state index contributed by atoms with van der Waals surface area (Å²) in [4.78, 5) is 16.7. The number of nitrogens with zero attached hydrogens (tertiary/aromatic N) is 1. The van der Waals surface area contributed by atoms with Crippen molar-refractivity contribution in [2.24, 2.45) is 16.6 Å². The van der Waals surface area contributed by atoms with E-state index in [1.54, 1.807) is 0 Å². The van der Waals surface area contributed by atoms with Crippen LogP contribution in [0.2, 0.25) is 0 Å². The number of aliphatic imine (C=N–C) groups is 1. The molecular formula is C16H22ClN3O2. The van der Waals surface area contributed by atoms with Gasteiger partial charge in [0.2, 0.25) is 0 Å². The summed E-state index contributed by atoms with van der Waals surface area (Å²) in [5, 5.41) is 2.90. The van der Waals surface area contributed by atoms with Gasteiger partial charge in [0.15, 0.2) is 5.96 Å². The number of guanidine groups is 1. The van der Waals surface area contributed by atoms with Crippen molar-refractivity contribution in [2.45, 2.75) is 33.4 Å².